The first-order valence-corrected chi connectivity index (χ1v) is 9.13. The summed E-state index contributed by atoms with van der Waals surface area (Å²) in [7, 11) is 0. The van der Waals surface area contributed by atoms with Gasteiger partial charge in [-0.25, -0.2) is 14.0 Å². The van der Waals surface area contributed by atoms with Gasteiger partial charge in [-0.1, -0.05) is 61.7 Å². The normalized spacial score (nSPS) is 10.2. The van der Waals surface area contributed by atoms with Gasteiger partial charge in [0.25, 0.3) is 0 Å². The Labute approximate surface area is 173 Å². The van der Waals surface area contributed by atoms with Gasteiger partial charge in [-0.15, -0.1) is 0 Å². The van der Waals surface area contributed by atoms with Gasteiger partial charge in [0.2, 0.25) is 0 Å². The van der Waals surface area contributed by atoms with E-state index in [9.17, 15) is 14.0 Å². The number of carbonyl (C=O) groups excluding carboxylic acids is 2. The first kappa shape index (κ1) is 20.7. The first-order chi connectivity index (χ1) is 14.5. The SMILES string of the molecule is C=CC(=O)OCc1ccc(-c2ccc(-c3ccc(OC(=O)C=C)cc3F)cc2)cc1. The highest BCUT2D eigenvalue weighted by atomic mass is 19.1. The van der Waals surface area contributed by atoms with Crippen LogP contribution in [0, 0.1) is 5.82 Å². The number of halogens is 1. The zero-order valence-corrected chi connectivity index (χ0v) is 16.1. The zero-order chi connectivity index (χ0) is 21.5. The Morgan fingerprint density at radius 3 is 1.93 bits per heavy atom. The van der Waals surface area contributed by atoms with E-state index in [1.54, 1.807) is 6.07 Å². The number of hydrogen-bond donors (Lipinski definition) is 0. The molecule has 4 nitrogen and oxygen atoms in total. The molecule has 0 atom stereocenters. The summed E-state index contributed by atoms with van der Waals surface area (Å²) in [4.78, 5) is 22.4. The van der Waals surface area contributed by atoms with E-state index in [1.165, 1.54) is 12.1 Å². The molecule has 30 heavy (non-hydrogen) atoms. The average Bonchev–Trinajstić information content (AvgIpc) is 2.78. The number of esters is 2. The van der Waals surface area contributed by atoms with Crippen molar-refractivity contribution in [1.82, 2.24) is 0 Å². The summed E-state index contributed by atoms with van der Waals surface area (Å²) < 4.78 is 24.4. The molecule has 0 radical (unpaired) electrons. The van der Waals surface area contributed by atoms with Crippen LogP contribution in [0.3, 0.4) is 0 Å². The summed E-state index contributed by atoms with van der Waals surface area (Å²) in [6, 6.07) is 19.3. The van der Waals surface area contributed by atoms with Crippen LogP contribution in [0.1, 0.15) is 5.56 Å². The van der Waals surface area contributed by atoms with Gasteiger partial charge < -0.3 is 9.47 Å². The molecule has 5 heteroatoms. The van der Waals surface area contributed by atoms with Crippen molar-refractivity contribution in [1.29, 1.82) is 0 Å². The fourth-order valence-corrected chi connectivity index (χ4v) is 2.80. The fraction of sp³-hybridized carbons (Fsp3) is 0.0400. The molecule has 3 aromatic carbocycles. The lowest BCUT2D eigenvalue weighted by Gasteiger charge is -2.08. The van der Waals surface area contributed by atoms with Crippen LogP contribution < -0.4 is 4.74 Å². The van der Waals surface area contributed by atoms with Crippen molar-refractivity contribution < 1.29 is 23.5 Å². The Balaban J connectivity index is 1.73. The van der Waals surface area contributed by atoms with E-state index < -0.39 is 17.8 Å². The molecule has 0 N–H and O–H groups in total. The lowest BCUT2D eigenvalue weighted by Crippen LogP contribution is -2.03. The first-order valence-electron chi connectivity index (χ1n) is 9.13. The number of carbonyl (C=O) groups is 2. The minimum Gasteiger partial charge on any atom is -0.458 e. The van der Waals surface area contributed by atoms with E-state index >= 15 is 0 Å². The van der Waals surface area contributed by atoms with Crippen molar-refractivity contribution in [3.05, 3.63) is 103 Å². The number of rotatable bonds is 7. The third-order valence-electron chi connectivity index (χ3n) is 4.36. The summed E-state index contributed by atoms with van der Waals surface area (Å²) in [6.07, 6.45) is 2.14. The van der Waals surface area contributed by atoms with Crippen LogP contribution in [0.15, 0.2) is 92.0 Å². The average molecular weight is 402 g/mol. The molecule has 0 unspecified atom stereocenters. The van der Waals surface area contributed by atoms with Crippen molar-refractivity contribution in [2.24, 2.45) is 0 Å². The highest BCUT2D eigenvalue weighted by Crippen LogP contribution is 2.29. The van der Waals surface area contributed by atoms with Crippen molar-refractivity contribution in [3.8, 4) is 28.0 Å². The third kappa shape index (κ3) is 5.08. The molecule has 0 bridgehead atoms. The van der Waals surface area contributed by atoms with E-state index in [0.717, 1.165) is 28.8 Å². The van der Waals surface area contributed by atoms with Gasteiger partial charge in [0, 0.05) is 23.8 Å². The van der Waals surface area contributed by atoms with E-state index in [1.807, 2.05) is 48.5 Å². The van der Waals surface area contributed by atoms with Gasteiger partial charge in [0.15, 0.2) is 0 Å². The predicted molar refractivity (Wildman–Crippen MR) is 113 cm³/mol. The largest absolute Gasteiger partial charge is 0.458 e. The minimum atomic E-state index is -0.642. The third-order valence-corrected chi connectivity index (χ3v) is 4.36. The monoisotopic (exact) mass is 402 g/mol. The lowest BCUT2D eigenvalue weighted by molar-refractivity contribution is -0.139. The molecular formula is C25H19FO4. The topological polar surface area (TPSA) is 52.6 Å². The molecule has 0 aromatic heterocycles. The number of hydrogen-bond acceptors (Lipinski definition) is 4. The van der Waals surface area contributed by atoms with Crippen LogP contribution in [0.25, 0.3) is 22.3 Å². The number of benzene rings is 3. The van der Waals surface area contributed by atoms with Gasteiger partial charge in [0.05, 0.1) is 0 Å². The molecule has 0 amide bonds. The molecule has 150 valence electrons. The Bertz CT molecular complexity index is 1080. The summed E-state index contributed by atoms with van der Waals surface area (Å²) in [5.41, 5.74) is 3.91. The lowest BCUT2D eigenvalue weighted by atomic mass is 9.99. The molecule has 0 aliphatic heterocycles. The molecule has 0 fully saturated rings. The Morgan fingerprint density at radius 2 is 1.37 bits per heavy atom. The van der Waals surface area contributed by atoms with Crippen LogP contribution in [0.2, 0.25) is 0 Å². The van der Waals surface area contributed by atoms with E-state index in [-0.39, 0.29) is 12.4 Å². The maximum atomic E-state index is 14.5. The summed E-state index contributed by atoms with van der Waals surface area (Å²) in [5, 5.41) is 0. The number of ether oxygens (including phenoxy) is 2. The summed E-state index contributed by atoms with van der Waals surface area (Å²) >= 11 is 0. The van der Waals surface area contributed by atoms with E-state index in [2.05, 4.69) is 13.2 Å². The molecule has 0 heterocycles. The molecule has 3 rings (SSSR count). The maximum absolute atomic E-state index is 14.5. The standard InChI is InChI=1S/C25H19FO4/c1-3-24(27)29-16-17-5-7-18(8-6-17)19-9-11-20(12-10-19)22-14-13-21(15-23(22)26)30-25(28)4-2/h3-15H,1-2,16H2. The van der Waals surface area contributed by atoms with Gasteiger partial charge in [-0.2, -0.15) is 0 Å². The molecule has 3 aromatic rings. The molecule has 0 aliphatic rings. The molecule has 0 saturated carbocycles. The van der Waals surface area contributed by atoms with Crippen LogP contribution in [0.5, 0.6) is 5.75 Å². The zero-order valence-electron chi connectivity index (χ0n) is 16.1. The van der Waals surface area contributed by atoms with Crippen LogP contribution in [-0.4, -0.2) is 11.9 Å². The van der Waals surface area contributed by atoms with Crippen LogP contribution in [0.4, 0.5) is 4.39 Å². The van der Waals surface area contributed by atoms with E-state index in [0.29, 0.717) is 11.1 Å². The van der Waals surface area contributed by atoms with Gasteiger partial charge >= 0.3 is 11.9 Å². The highest BCUT2D eigenvalue weighted by Gasteiger charge is 2.09. The second kappa shape index (κ2) is 9.47. The summed E-state index contributed by atoms with van der Waals surface area (Å²) in [5.74, 6) is -1.47. The maximum Gasteiger partial charge on any atom is 0.335 e. The van der Waals surface area contributed by atoms with Gasteiger partial charge in [-0.3, -0.25) is 0 Å². The van der Waals surface area contributed by atoms with Crippen molar-refractivity contribution >= 4 is 11.9 Å². The quantitative estimate of drug-likeness (QED) is 0.298. The Kier molecular flexibility index (Phi) is 6.55. The van der Waals surface area contributed by atoms with Gasteiger partial charge in [-0.05, 0) is 34.4 Å². The smallest absolute Gasteiger partial charge is 0.335 e. The Morgan fingerprint density at radius 1 is 0.800 bits per heavy atom. The van der Waals surface area contributed by atoms with Gasteiger partial charge in [0.1, 0.15) is 18.2 Å². The van der Waals surface area contributed by atoms with Crippen molar-refractivity contribution in [3.63, 3.8) is 0 Å². The fourth-order valence-electron chi connectivity index (χ4n) is 2.80. The summed E-state index contributed by atoms with van der Waals surface area (Å²) in [6.45, 7) is 6.85. The molecule has 0 spiro atoms. The molecule has 0 aliphatic carbocycles. The Hall–Kier alpha value is -3.99. The second-order valence-corrected chi connectivity index (χ2v) is 6.35. The van der Waals surface area contributed by atoms with Crippen LogP contribution in [-0.2, 0) is 20.9 Å². The van der Waals surface area contributed by atoms with Crippen molar-refractivity contribution in [2.75, 3.05) is 0 Å². The second-order valence-electron chi connectivity index (χ2n) is 6.35. The van der Waals surface area contributed by atoms with Crippen LogP contribution >= 0.6 is 0 Å². The molecule has 0 saturated heterocycles. The molecular weight excluding hydrogens is 383 g/mol. The predicted octanol–water partition coefficient (Wildman–Crippen LogP) is 5.48. The van der Waals surface area contributed by atoms with Crippen molar-refractivity contribution in [2.45, 2.75) is 6.61 Å². The minimum absolute atomic E-state index is 0.122. The van der Waals surface area contributed by atoms with E-state index in [4.69, 9.17) is 9.47 Å². The highest BCUT2D eigenvalue weighted by molar-refractivity contribution is 5.83.